The predicted octanol–water partition coefficient (Wildman–Crippen LogP) is 4.36. The molecule has 0 bridgehead atoms. The van der Waals surface area contributed by atoms with Gasteiger partial charge in [-0.15, -0.1) is 11.8 Å². The molecule has 2 nitrogen and oxygen atoms in total. The van der Waals surface area contributed by atoms with Gasteiger partial charge in [0.25, 0.3) is 0 Å². The fourth-order valence-electron chi connectivity index (χ4n) is 1.61. The highest BCUT2D eigenvalue weighted by molar-refractivity contribution is 7.99. The minimum Gasteiger partial charge on any atom is -0.308 e. The number of thioether (sulfide) groups is 1. The number of rotatable bonds is 7. The average molecular weight is 276 g/mol. The minimum absolute atomic E-state index is 0.153. The van der Waals surface area contributed by atoms with Crippen LogP contribution in [0.15, 0.2) is 29.2 Å². The molecule has 1 N–H and O–H groups in total. The highest BCUT2D eigenvalue weighted by atomic mass is 32.2. The van der Waals surface area contributed by atoms with Crippen LogP contribution in [0.5, 0.6) is 0 Å². The zero-order chi connectivity index (χ0) is 14.1. The molecule has 0 saturated heterocycles. The fourth-order valence-corrected chi connectivity index (χ4v) is 2.60. The van der Waals surface area contributed by atoms with Gasteiger partial charge in [0.05, 0.1) is 6.07 Å². The highest BCUT2D eigenvalue weighted by Gasteiger charge is 2.08. The Bertz CT molecular complexity index is 415. The van der Waals surface area contributed by atoms with E-state index in [1.54, 1.807) is 0 Å². The van der Waals surface area contributed by atoms with Crippen LogP contribution in [0.1, 0.15) is 45.6 Å². The molecule has 1 aromatic carbocycles. The van der Waals surface area contributed by atoms with Gasteiger partial charge in [0.1, 0.15) is 0 Å². The number of nitrogens with one attached hydrogen (secondary N) is 1. The van der Waals surface area contributed by atoms with Crippen LogP contribution in [0.3, 0.4) is 0 Å². The molecule has 0 heterocycles. The molecule has 104 valence electrons. The zero-order valence-corrected chi connectivity index (χ0v) is 13.0. The Morgan fingerprint density at radius 3 is 2.74 bits per heavy atom. The largest absolute Gasteiger partial charge is 0.308 e. The third-order valence-corrected chi connectivity index (χ3v) is 3.75. The van der Waals surface area contributed by atoms with Crippen molar-refractivity contribution in [1.29, 1.82) is 5.26 Å². The molecule has 0 aliphatic carbocycles. The maximum atomic E-state index is 8.48. The normalized spacial score (nSPS) is 11.3. The summed E-state index contributed by atoms with van der Waals surface area (Å²) >= 11 is 1.88. The lowest BCUT2D eigenvalue weighted by atomic mass is 10.1. The first kappa shape index (κ1) is 16.1. The lowest BCUT2D eigenvalue weighted by molar-refractivity contribution is 0.424. The first-order valence-corrected chi connectivity index (χ1v) is 7.83. The van der Waals surface area contributed by atoms with Gasteiger partial charge in [-0.25, -0.2) is 0 Å². The van der Waals surface area contributed by atoms with Crippen LogP contribution in [0.25, 0.3) is 0 Å². The SMILES string of the molecule is CC(C)(C)NCc1cccc(SCCCCC#N)c1. The smallest absolute Gasteiger partial charge is 0.0621 e. The topological polar surface area (TPSA) is 35.8 Å². The van der Waals surface area contributed by atoms with Crippen molar-refractivity contribution >= 4 is 11.8 Å². The zero-order valence-electron chi connectivity index (χ0n) is 12.2. The molecule has 0 spiro atoms. The van der Waals surface area contributed by atoms with E-state index in [-0.39, 0.29) is 5.54 Å². The fraction of sp³-hybridized carbons (Fsp3) is 0.562. The molecule has 19 heavy (non-hydrogen) atoms. The summed E-state index contributed by atoms with van der Waals surface area (Å²) in [6.07, 6.45) is 2.80. The van der Waals surface area contributed by atoms with E-state index in [1.807, 2.05) is 11.8 Å². The van der Waals surface area contributed by atoms with E-state index in [0.717, 1.165) is 25.1 Å². The van der Waals surface area contributed by atoms with Gasteiger partial charge in [0.15, 0.2) is 0 Å². The third kappa shape index (κ3) is 7.92. The summed E-state index contributed by atoms with van der Waals surface area (Å²) in [6.45, 7) is 7.45. The molecule has 0 saturated carbocycles. The Morgan fingerprint density at radius 2 is 2.05 bits per heavy atom. The molecule has 3 heteroatoms. The average Bonchev–Trinajstić information content (AvgIpc) is 2.36. The lowest BCUT2D eigenvalue weighted by Gasteiger charge is -2.20. The second-order valence-corrected chi connectivity index (χ2v) is 6.88. The van der Waals surface area contributed by atoms with Crippen LogP contribution in [0.4, 0.5) is 0 Å². The standard InChI is InChI=1S/C16H24N2S/c1-16(2,3)18-13-14-8-7-9-15(12-14)19-11-6-4-5-10-17/h7-9,12,18H,4-6,11,13H2,1-3H3. The Labute approximate surface area is 121 Å². The van der Waals surface area contributed by atoms with Crippen LogP contribution < -0.4 is 5.32 Å². The van der Waals surface area contributed by atoms with Crippen molar-refractivity contribution < 1.29 is 0 Å². The summed E-state index contributed by atoms with van der Waals surface area (Å²) in [5, 5.41) is 12.0. The number of nitriles is 1. The van der Waals surface area contributed by atoms with Gasteiger partial charge in [-0.3, -0.25) is 0 Å². The van der Waals surface area contributed by atoms with E-state index in [9.17, 15) is 0 Å². The van der Waals surface area contributed by atoms with E-state index >= 15 is 0 Å². The van der Waals surface area contributed by atoms with Gasteiger partial charge >= 0.3 is 0 Å². The molecule has 0 amide bonds. The van der Waals surface area contributed by atoms with Crippen LogP contribution in [-0.4, -0.2) is 11.3 Å². The maximum Gasteiger partial charge on any atom is 0.0621 e. The summed E-state index contributed by atoms with van der Waals surface area (Å²) in [5.41, 5.74) is 1.48. The van der Waals surface area contributed by atoms with Crippen molar-refractivity contribution in [3.05, 3.63) is 29.8 Å². The van der Waals surface area contributed by atoms with Gasteiger partial charge in [-0.1, -0.05) is 12.1 Å². The Hall–Kier alpha value is -0.980. The first-order valence-electron chi connectivity index (χ1n) is 6.85. The predicted molar refractivity (Wildman–Crippen MR) is 83.2 cm³/mol. The van der Waals surface area contributed by atoms with E-state index in [0.29, 0.717) is 6.42 Å². The summed E-state index contributed by atoms with van der Waals surface area (Å²) < 4.78 is 0. The van der Waals surface area contributed by atoms with Gasteiger partial charge in [0, 0.05) is 23.4 Å². The second kappa shape index (κ2) is 8.24. The number of hydrogen-bond acceptors (Lipinski definition) is 3. The molecule has 0 radical (unpaired) electrons. The molecule has 0 atom stereocenters. The van der Waals surface area contributed by atoms with Gasteiger partial charge in [-0.2, -0.15) is 5.26 Å². The summed E-state index contributed by atoms with van der Waals surface area (Å²) in [5.74, 6) is 1.10. The van der Waals surface area contributed by atoms with E-state index in [4.69, 9.17) is 5.26 Å². The van der Waals surface area contributed by atoms with Gasteiger partial charge < -0.3 is 5.32 Å². The minimum atomic E-state index is 0.153. The second-order valence-electron chi connectivity index (χ2n) is 5.71. The number of benzene rings is 1. The molecule has 1 rings (SSSR count). The Balaban J connectivity index is 2.37. The number of hydrogen-bond donors (Lipinski definition) is 1. The molecule has 0 aliphatic rings. The lowest BCUT2D eigenvalue weighted by Crippen LogP contribution is -2.35. The summed E-state index contributed by atoms with van der Waals surface area (Å²) in [7, 11) is 0. The van der Waals surface area contributed by atoms with Crippen molar-refractivity contribution in [3.63, 3.8) is 0 Å². The van der Waals surface area contributed by atoms with Crippen molar-refractivity contribution in [2.75, 3.05) is 5.75 Å². The Kier molecular flexibility index (Phi) is 6.97. The van der Waals surface area contributed by atoms with E-state index < -0.39 is 0 Å². The molecule has 0 aromatic heterocycles. The highest BCUT2D eigenvalue weighted by Crippen LogP contribution is 2.21. The monoisotopic (exact) mass is 276 g/mol. The molecule has 1 aromatic rings. The maximum absolute atomic E-state index is 8.48. The van der Waals surface area contributed by atoms with Gasteiger partial charge in [-0.05, 0) is 57.1 Å². The molecular weight excluding hydrogens is 252 g/mol. The van der Waals surface area contributed by atoms with Gasteiger partial charge in [0.2, 0.25) is 0 Å². The molecular formula is C16H24N2S. The van der Waals surface area contributed by atoms with Crippen molar-refractivity contribution in [2.24, 2.45) is 0 Å². The molecule has 0 unspecified atom stereocenters. The van der Waals surface area contributed by atoms with E-state index in [1.165, 1.54) is 10.5 Å². The van der Waals surface area contributed by atoms with E-state index in [2.05, 4.69) is 56.4 Å². The number of unbranched alkanes of at least 4 members (excludes halogenated alkanes) is 2. The van der Waals surface area contributed by atoms with Crippen molar-refractivity contribution in [2.45, 2.75) is 57.0 Å². The summed E-state index contributed by atoms with van der Waals surface area (Å²) in [4.78, 5) is 1.32. The molecule has 0 aliphatic heterocycles. The van der Waals surface area contributed by atoms with Crippen LogP contribution in [-0.2, 0) is 6.54 Å². The summed E-state index contributed by atoms with van der Waals surface area (Å²) in [6, 6.07) is 10.9. The number of nitrogens with zero attached hydrogens (tertiary/aromatic N) is 1. The first-order chi connectivity index (χ1) is 9.01. The molecule has 0 fully saturated rings. The van der Waals surface area contributed by atoms with Crippen LogP contribution in [0.2, 0.25) is 0 Å². The van der Waals surface area contributed by atoms with Crippen molar-refractivity contribution in [1.82, 2.24) is 5.32 Å². The Morgan fingerprint density at radius 1 is 1.26 bits per heavy atom. The van der Waals surface area contributed by atoms with Crippen molar-refractivity contribution in [3.8, 4) is 6.07 Å². The quantitative estimate of drug-likeness (QED) is 0.593. The van der Waals surface area contributed by atoms with Crippen LogP contribution in [0, 0.1) is 11.3 Å². The van der Waals surface area contributed by atoms with Crippen LogP contribution >= 0.6 is 11.8 Å². The third-order valence-electron chi connectivity index (χ3n) is 2.67.